The second-order valence-corrected chi connectivity index (χ2v) is 5.74. The number of benzene rings is 1. The van der Waals surface area contributed by atoms with Crippen molar-refractivity contribution in [3.63, 3.8) is 0 Å². The summed E-state index contributed by atoms with van der Waals surface area (Å²) in [7, 11) is 0. The molecule has 4 nitrogen and oxygen atoms in total. The fraction of sp³-hybridized carbons (Fsp3) is 0.375. The van der Waals surface area contributed by atoms with E-state index in [-0.39, 0.29) is 25.1 Å². The summed E-state index contributed by atoms with van der Waals surface area (Å²) in [6, 6.07) is 8.02. The molecule has 0 radical (unpaired) electrons. The third-order valence-electron chi connectivity index (χ3n) is 4.07. The molecule has 7 heteroatoms. The van der Waals surface area contributed by atoms with Crippen molar-refractivity contribution in [1.82, 2.24) is 9.88 Å². The third-order valence-corrected chi connectivity index (χ3v) is 4.07. The van der Waals surface area contributed by atoms with Gasteiger partial charge in [-0.1, -0.05) is 24.3 Å². The number of piperidine rings is 1. The lowest BCUT2D eigenvalue weighted by Gasteiger charge is -2.39. The maximum Gasteiger partial charge on any atom is 0.408 e. The number of para-hydroxylation sites is 1. The summed E-state index contributed by atoms with van der Waals surface area (Å²) in [6.45, 7) is -0.114. The van der Waals surface area contributed by atoms with Crippen LogP contribution in [0.2, 0.25) is 0 Å². The predicted octanol–water partition coefficient (Wildman–Crippen LogP) is 2.73. The number of carbonyl (C=O) groups is 1. The fourth-order valence-electron chi connectivity index (χ4n) is 2.90. The highest BCUT2D eigenvalue weighted by molar-refractivity contribution is 5.95. The molecule has 1 aliphatic heterocycles. The lowest BCUT2D eigenvalue weighted by molar-refractivity contribution is -0.184. The number of pyridine rings is 1. The quantitative estimate of drug-likeness (QED) is 0.878. The zero-order valence-corrected chi connectivity index (χ0v) is 12.3. The number of fused-ring (bicyclic) bond motifs is 1. The number of carbonyl (C=O) groups excluding carboxylic acids is 1. The van der Waals surface area contributed by atoms with Gasteiger partial charge in [-0.3, -0.25) is 4.79 Å². The van der Waals surface area contributed by atoms with Gasteiger partial charge >= 0.3 is 6.18 Å². The van der Waals surface area contributed by atoms with E-state index in [2.05, 4.69) is 4.98 Å². The lowest BCUT2D eigenvalue weighted by atomic mass is 9.97. The summed E-state index contributed by atoms with van der Waals surface area (Å²) in [4.78, 5) is 17.6. The predicted molar refractivity (Wildman–Crippen MR) is 79.8 cm³/mol. The van der Waals surface area contributed by atoms with Crippen LogP contribution in [0.5, 0.6) is 0 Å². The molecule has 0 saturated carbocycles. The molecule has 2 unspecified atom stereocenters. The minimum Gasteiger partial charge on any atom is -0.326 e. The molecule has 0 aliphatic carbocycles. The standard InChI is InChI=1S/C16H16F3N3O/c17-16(18,19)14-8-6-11(20)9-22(14)15(23)13-7-5-10-3-1-2-4-12(10)21-13/h1-5,7,11,14H,6,8-9,20H2. The maximum absolute atomic E-state index is 13.2. The highest BCUT2D eigenvalue weighted by atomic mass is 19.4. The number of amides is 1. The zero-order valence-electron chi connectivity index (χ0n) is 12.3. The Morgan fingerprint density at radius 1 is 1.17 bits per heavy atom. The second kappa shape index (κ2) is 5.81. The first-order valence-corrected chi connectivity index (χ1v) is 7.35. The molecular weight excluding hydrogens is 307 g/mol. The highest BCUT2D eigenvalue weighted by Gasteiger charge is 2.47. The van der Waals surface area contributed by atoms with Gasteiger partial charge in [0.25, 0.3) is 5.91 Å². The van der Waals surface area contributed by atoms with Crippen LogP contribution in [0.25, 0.3) is 10.9 Å². The van der Waals surface area contributed by atoms with Gasteiger partial charge in [0.15, 0.2) is 0 Å². The van der Waals surface area contributed by atoms with Crippen molar-refractivity contribution < 1.29 is 18.0 Å². The van der Waals surface area contributed by atoms with E-state index in [0.717, 1.165) is 10.3 Å². The average molecular weight is 323 g/mol. The largest absolute Gasteiger partial charge is 0.408 e. The number of rotatable bonds is 1. The molecule has 2 aromatic rings. The van der Waals surface area contributed by atoms with Gasteiger partial charge in [0.05, 0.1) is 5.52 Å². The Morgan fingerprint density at radius 2 is 1.91 bits per heavy atom. The minimum absolute atomic E-state index is 0.00653. The number of hydrogen-bond acceptors (Lipinski definition) is 3. The molecule has 3 rings (SSSR count). The molecule has 1 aromatic heterocycles. The van der Waals surface area contributed by atoms with Gasteiger partial charge in [-0.15, -0.1) is 0 Å². The van der Waals surface area contributed by atoms with Gasteiger partial charge in [0.2, 0.25) is 0 Å². The highest BCUT2D eigenvalue weighted by Crippen LogP contribution is 2.32. The van der Waals surface area contributed by atoms with E-state index < -0.39 is 24.2 Å². The van der Waals surface area contributed by atoms with Crippen LogP contribution < -0.4 is 5.73 Å². The van der Waals surface area contributed by atoms with Crippen LogP contribution in [0.1, 0.15) is 23.3 Å². The lowest BCUT2D eigenvalue weighted by Crippen LogP contribution is -2.56. The number of aromatic nitrogens is 1. The van der Waals surface area contributed by atoms with Crippen molar-refractivity contribution in [2.45, 2.75) is 31.1 Å². The molecule has 2 N–H and O–H groups in total. The third kappa shape index (κ3) is 3.14. The second-order valence-electron chi connectivity index (χ2n) is 5.74. The molecule has 1 fully saturated rings. The van der Waals surface area contributed by atoms with Crippen LogP contribution >= 0.6 is 0 Å². The topological polar surface area (TPSA) is 59.2 Å². The average Bonchev–Trinajstić information content (AvgIpc) is 2.52. The van der Waals surface area contributed by atoms with E-state index in [1.54, 1.807) is 18.2 Å². The minimum atomic E-state index is -4.47. The number of nitrogens with two attached hydrogens (primary N) is 1. The molecule has 122 valence electrons. The molecule has 2 atom stereocenters. The SMILES string of the molecule is NC1CCC(C(F)(F)F)N(C(=O)c2ccc3ccccc3n2)C1. The van der Waals surface area contributed by atoms with Gasteiger partial charge < -0.3 is 10.6 Å². The first-order valence-electron chi connectivity index (χ1n) is 7.35. The van der Waals surface area contributed by atoms with E-state index in [1.807, 2.05) is 12.1 Å². The Balaban J connectivity index is 1.94. The van der Waals surface area contributed by atoms with Crippen molar-refractivity contribution in [1.29, 1.82) is 0 Å². The monoisotopic (exact) mass is 323 g/mol. The summed E-state index contributed by atoms with van der Waals surface area (Å²) >= 11 is 0. The van der Waals surface area contributed by atoms with Crippen molar-refractivity contribution in [2.75, 3.05) is 6.54 Å². The van der Waals surface area contributed by atoms with Crippen LogP contribution in [0.15, 0.2) is 36.4 Å². The Hall–Kier alpha value is -2.15. The van der Waals surface area contributed by atoms with E-state index >= 15 is 0 Å². The molecule has 1 saturated heterocycles. The molecule has 0 bridgehead atoms. The Morgan fingerprint density at radius 3 is 2.65 bits per heavy atom. The van der Waals surface area contributed by atoms with Crippen LogP contribution in [0.4, 0.5) is 13.2 Å². The van der Waals surface area contributed by atoms with Gasteiger partial charge in [0, 0.05) is 18.0 Å². The molecular formula is C16H16F3N3O. The van der Waals surface area contributed by atoms with E-state index in [0.29, 0.717) is 5.52 Å². The van der Waals surface area contributed by atoms with Gasteiger partial charge in [-0.2, -0.15) is 13.2 Å². The molecule has 1 aliphatic rings. The summed E-state index contributed by atoms with van der Waals surface area (Å²) in [5, 5.41) is 0.826. The summed E-state index contributed by atoms with van der Waals surface area (Å²) in [5.74, 6) is -0.728. The van der Waals surface area contributed by atoms with Crippen LogP contribution in [-0.4, -0.2) is 40.6 Å². The van der Waals surface area contributed by atoms with E-state index in [1.165, 1.54) is 6.07 Å². The van der Waals surface area contributed by atoms with Crippen LogP contribution in [-0.2, 0) is 0 Å². The molecule has 23 heavy (non-hydrogen) atoms. The summed E-state index contributed by atoms with van der Waals surface area (Å²) < 4.78 is 39.6. The summed E-state index contributed by atoms with van der Waals surface area (Å²) in [5.41, 5.74) is 6.33. The van der Waals surface area contributed by atoms with Gasteiger partial charge in [0.1, 0.15) is 11.7 Å². The Kier molecular flexibility index (Phi) is 3.97. The normalized spacial score (nSPS) is 22.3. The van der Waals surface area contributed by atoms with Crippen molar-refractivity contribution in [3.8, 4) is 0 Å². The number of likely N-dealkylation sites (tertiary alicyclic amines) is 1. The fourth-order valence-corrected chi connectivity index (χ4v) is 2.90. The molecule has 1 amide bonds. The summed E-state index contributed by atoms with van der Waals surface area (Å²) in [6.07, 6.45) is -4.39. The smallest absolute Gasteiger partial charge is 0.326 e. The Bertz CT molecular complexity index is 732. The van der Waals surface area contributed by atoms with Crippen LogP contribution in [0, 0.1) is 0 Å². The van der Waals surface area contributed by atoms with Crippen LogP contribution in [0.3, 0.4) is 0 Å². The van der Waals surface area contributed by atoms with Gasteiger partial charge in [-0.05, 0) is 25.0 Å². The molecule has 2 heterocycles. The number of halogens is 3. The van der Waals surface area contributed by atoms with Gasteiger partial charge in [-0.25, -0.2) is 4.98 Å². The number of alkyl halides is 3. The molecule has 1 aromatic carbocycles. The first-order chi connectivity index (χ1) is 10.9. The maximum atomic E-state index is 13.2. The zero-order chi connectivity index (χ0) is 16.6. The van der Waals surface area contributed by atoms with Crippen molar-refractivity contribution in [2.24, 2.45) is 5.73 Å². The van der Waals surface area contributed by atoms with E-state index in [4.69, 9.17) is 5.73 Å². The van der Waals surface area contributed by atoms with Crippen molar-refractivity contribution in [3.05, 3.63) is 42.1 Å². The first kappa shape index (κ1) is 15.7. The number of nitrogens with zero attached hydrogens (tertiary/aromatic N) is 2. The number of hydrogen-bond donors (Lipinski definition) is 1. The van der Waals surface area contributed by atoms with E-state index in [9.17, 15) is 18.0 Å². The Labute approximate surface area is 131 Å². The van der Waals surface area contributed by atoms with Crippen molar-refractivity contribution >= 4 is 16.8 Å². The molecule has 0 spiro atoms.